The first kappa shape index (κ1) is 53.4. The van der Waals surface area contributed by atoms with Gasteiger partial charge in [0.15, 0.2) is 0 Å². The molecule has 6 rings (SSSR count). The summed E-state index contributed by atoms with van der Waals surface area (Å²) in [6.07, 6.45) is 2.21. The zero-order valence-corrected chi connectivity index (χ0v) is 41.5. The molecule has 0 heterocycles. The summed E-state index contributed by atoms with van der Waals surface area (Å²) in [5, 5.41) is 5.24. The summed E-state index contributed by atoms with van der Waals surface area (Å²) in [7, 11) is 3.58. The van der Waals surface area contributed by atoms with Crippen molar-refractivity contribution in [3.8, 4) is 33.8 Å². The SMILES string of the molecule is COc1c(C(C)(C)C)cc2[cH-]c(CC(C)C)cc2c1-c1ccccc1.COc1c(C(C)(C)C)cc2[cH-]c(CC(C)C)cc2c1-c1ccccc1.Cl.Cl.[CH3-].[CH3-].[Si]=[Zr]. The van der Waals surface area contributed by atoms with Gasteiger partial charge in [-0.05, 0) is 68.9 Å². The molecule has 0 aliphatic carbocycles. The Labute approximate surface area is 370 Å². The standard InChI is InChI=1S/2C24H29O.2CH3.2ClH.Si.Zr/c2*1-16(2)12-17-13-19-15-21(24(3,4)5)23(25-6)22(20(19)14-17)18-10-8-7-9-11-18;;;;;;/h2*7-11,13-16H,12H2,1-6H3;2*1H3;2*1H;;/q4*-1;;;;. The molecule has 0 unspecified atom stereocenters. The van der Waals surface area contributed by atoms with E-state index in [9.17, 15) is 0 Å². The van der Waals surface area contributed by atoms with Crippen LogP contribution in [0.15, 0.2) is 97.1 Å². The van der Waals surface area contributed by atoms with Crippen LogP contribution in [0, 0.1) is 26.7 Å². The third kappa shape index (κ3) is 12.7. The zero-order valence-electron chi connectivity index (χ0n) is 36.4. The average molecular weight is 889 g/mol. The van der Waals surface area contributed by atoms with Gasteiger partial charge in [-0.25, -0.2) is 0 Å². The van der Waals surface area contributed by atoms with E-state index in [1.165, 1.54) is 89.4 Å². The molecule has 0 spiro atoms. The van der Waals surface area contributed by atoms with Gasteiger partial charge in [-0.1, -0.05) is 130 Å². The molecule has 2 nitrogen and oxygen atoms in total. The fourth-order valence-corrected chi connectivity index (χ4v) is 7.30. The Kier molecular flexibility index (Phi) is 22.0. The fourth-order valence-electron chi connectivity index (χ4n) is 7.30. The van der Waals surface area contributed by atoms with Crippen molar-refractivity contribution in [2.75, 3.05) is 14.2 Å². The Bertz CT molecular complexity index is 1910. The Morgan fingerprint density at radius 1 is 0.554 bits per heavy atom. The Hall–Kier alpha value is -2.62. The molecule has 6 aromatic rings. The maximum absolute atomic E-state index is 5.96. The third-order valence-corrected chi connectivity index (χ3v) is 9.48. The number of hydrogen-bond acceptors (Lipinski definition) is 2. The number of rotatable bonds is 8. The van der Waals surface area contributed by atoms with Gasteiger partial charge in [-0.3, -0.25) is 0 Å². The van der Waals surface area contributed by atoms with E-state index in [1.807, 2.05) is 0 Å². The van der Waals surface area contributed by atoms with Crippen LogP contribution in [-0.4, -0.2) is 21.1 Å². The van der Waals surface area contributed by atoms with Crippen molar-refractivity contribution in [2.45, 2.75) is 92.9 Å². The Balaban J connectivity index is 0.000000968. The normalized spacial score (nSPS) is 10.9. The molecule has 304 valence electrons. The van der Waals surface area contributed by atoms with Gasteiger partial charge in [0.1, 0.15) is 11.5 Å². The van der Waals surface area contributed by atoms with E-state index in [-0.39, 0.29) is 50.5 Å². The van der Waals surface area contributed by atoms with Crippen molar-refractivity contribution < 1.29 is 32.8 Å². The number of halogens is 2. The van der Waals surface area contributed by atoms with Crippen molar-refractivity contribution in [1.82, 2.24) is 0 Å². The summed E-state index contributed by atoms with van der Waals surface area (Å²) in [5.41, 5.74) is 10.3. The molecule has 6 aromatic carbocycles. The molecule has 0 bridgehead atoms. The van der Waals surface area contributed by atoms with Gasteiger partial charge in [0, 0.05) is 0 Å². The second-order valence-electron chi connectivity index (χ2n) is 16.8. The summed E-state index contributed by atoms with van der Waals surface area (Å²) in [4.78, 5) is 0. The topological polar surface area (TPSA) is 18.5 Å². The van der Waals surface area contributed by atoms with E-state index in [4.69, 9.17) is 9.47 Å². The molecule has 0 atom stereocenters. The van der Waals surface area contributed by atoms with Gasteiger partial charge in [-0.15, -0.1) is 81.8 Å². The van der Waals surface area contributed by atoms with Gasteiger partial charge in [-0.2, -0.15) is 12.1 Å². The molecule has 6 heteroatoms. The van der Waals surface area contributed by atoms with Crippen LogP contribution in [0.2, 0.25) is 0 Å². The van der Waals surface area contributed by atoms with Gasteiger partial charge in [0.25, 0.3) is 0 Å². The van der Waals surface area contributed by atoms with Crippen LogP contribution in [0.3, 0.4) is 0 Å². The van der Waals surface area contributed by atoms with Crippen molar-refractivity contribution >= 4 is 53.2 Å². The first-order valence-corrected chi connectivity index (χ1v) is 22.8. The summed E-state index contributed by atoms with van der Waals surface area (Å²) >= 11 is 1.36. The third-order valence-electron chi connectivity index (χ3n) is 9.48. The van der Waals surface area contributed by atoms with Crippen molar-refractivity contribution in [3.63, 3.8) is 0 Å². The predicted octanol–water partition coefficient (Wildman–Crippen LogP) is 14.8. The van der Waals surface area contributed by atoms with Crippen LogP contribution in [0.1, 0.15) is 91.5 Å². The molecule has 2 radical (unpaired) electrons. The number of methoxy groups -OCH3 is 2. The van der Waals surface area contributed by atoms with Crippen LogP contribution in [0.4, 0.5) is 0 Å². The molecule has 0 saturated heterocycles. The molecule has 0 aromatic heterocycles. The summed E-state index contributed by atoms with van der Waals surface area (Å²) in [6.45, 7) is 25.7. The molecule has 0 saturated carbocycles. The monoisotopic (exact) mass is 886 g/mol. The van der Waals surface area contributed by atoms with Crippen LogP contribution in [0.25, 0.3) is 43.8 Å². The summed E-state index contributed by atoms with van der Waals surface area (Å²) < 4.78 is 11.9. The molecular formula is C50H66Cl2O2SiZr-4. The average Bonchev–Trinajstić information content (AvgIpc) is 3.69. The number of fused-ring (bicyclic) bond motifs is 2. The summed E-state index contributed by atoms with van der Waals surface area (Å²) in [5.74, 6) is 3.32. The van der Waals surface area contributed by atoms with E-state index in [0.717, 1.165) is 24.3 Å². The molecular weight excluding hydrogens is 823 g/mol. The molecule has 0 amide bonds. The molecule has 0 fully saturated rings. The van der Waals surface area contributed by atoms with Crippen LogP contribution < -0.4 is 9.47 Å². The van der Waals surface area contributed by atoms with Crippen LogP contribution >= 0.6 is 24.8 Å². The van der Waals surface area contributed by atoms with Gasteiger partial charge < -0.3 is 24.3 Å². The van der Waals surface area contributed by atoms with Crippen molar-refractivity contribution in [1.29, 1.82) is 0 Å². The first-order valence-electron chi connectivity index (χ1n) is 18.6. The van der Waals surface area contributed by atoms with Gasteiger partial charge in [0.2, 0.25) is 0 Å². The van der Waals surface area contributed by atoms with Gasteiger partial charge >= 0.3 is 30.2 Å². The minimum atomic E-state index is 0. The van der Waals surface area contributed by atoms with Crippen LogP contribution in [0.5, 0.6) is 11.5 Å². The van der Waals surface area contributed by atoms with E-state index in [2.05, 4.69) is 173 Å². The molecule has 0 aliphatic rings. The zero-order chi connectivity index (χ0) is 38.4. The summed E-state index contributed by atoms with van der Waals surface area (Å²) in [6, 6.07) is 35.3. The second-order valence-corrected chi connectivity index (χ2v) is 16.8. The Morgan fingerprint density at radius 2 is 0.857 bits per heavy atom. The number of ether oxygens (including phenoxy) is 2. The quantitative estimate of drug-likeness (QED) is 0.112. The first-order chi connectivity index (χ1) is 24.6. The second kappa shape index (κ2) is 23.1. The minimum absolute atomic E-state index is 0. The van der Waals surface area contributed by atoms with E-state index in [1.54, 1.807) is 14.2 Å². The fraction of sp³-hybridized carbons (Fsp3) is 0.360. The molecule has 0 aliphatic heterocycles. The van der Waals surface area contributed by atoms with E-state index in [0.29, 0.717) is 11.8 Å². The van der Waals surface area contributed by atoms with E-state index < -0.39 is 0 Å². The van der Waals surface area contributed by atoms with Gasteiger partial charge in [0.05, 0.1) is 14.2 Å². The molecule has 56 heavy (non-hydrogen) atoms. The van der Waals surface area contributed by atoms with Crippen LogP contribution in [-0.2, 0) is 47.0 Å². The number of hydrogen-bond donors (Lipinski definition) is 0. The van der Waals surface area contributed by atoms with Crippen molar-refractivity contribution in [3.05, 3.63) is 134 Å². The molecule has 0 N–H and O–H groups in total. The Morgan fingerprint density at radius 3 is 1.11 bits per heavy atom. The predicted molar refractivity (Wildman–Crippen MR) is 251 cm³/mol. The maximum atomic E-state index is 5.96. The number of benzene rings is 4. The van der Waals surface area contributed by atoms with E-state index >= 15 is 0 Å². The van der Waals surface area contributed by atoms with Crippen molar-refractivity contribution in [2.24, 2.45) is 11.8 Å².